The number of hydrogen-bond acceptors (Lipinski definition) is 4. The molecule has 0 aliphatic heterocycles. The molecule has 0 atom stereocenters. The van der Waals surface area contributed by atoms with E-state index in [2.05, 4.69) is 4.98 Å². The molecule has 1 aromatic rings. The molecule has 0 unspecified atom stereocenters. The van der Waals surface area contributed by atoms with Gasteiger partial charge in [0.05, 0.1) is 11.4 Å². The lowest BCUT2D eigenvalue weighted by molar-refractivity contribution is 0.596. The Kier molecular flexibility index (Phi) is 2.60. The van der Waals surface area contributed by atoms with Crippen LogP contribution in [0.5, 0.6) is 0 Å². The number of hydrogen-bond donors (Lipinski definition) is 1. The van der Waals surface area contributed by atoms with Crippen LogP contribution in [-0.4, -0.2) is 23.7 Å². The molecule has 0 spiro atoms. The van der Waals surface area contributed by atoms with E-state index in [1.165, 1.54) is 0 Å². The second kappa shape index (κ2) is 3.37. The van der Waals surface area contributed by atoms with E-state index >= 15 is 0 Å². The summed E-state index contributed by atoms with van der Waals surface area (Å²) in [7, 11) is -1.28. The van der Waals surface area contributed by atoms with E-state index in [4.69, 9.17) is 5.73 Å². The lowest BCUT2D eigenvalue weighted by atomic mass is 10.6. The minimum atomic E-state index is -3.01. The lowest BCUT2D eigenvalue weighted by Crippen LogP contribution is -2.06. The molecule has 0 aliphatic carbocycles. The maximum atomic E-state index is 11.2. The molecule has 0 radical (unpaired) electrons. The summed E-state index contributed by atoms with van der Waals surface area (Å²) >= 11 is 0. The van der Waals surface area contributed by atoms with Gasteiger partial charge in [-0.25, -0.2) is 13.4 Å². The van der Waals surface area contributed by atoms with E-state index in [1.54, 1.807) is 24.7 Å². The molecule has 1 aromatic heterocycles. The van der Waals surface area contributed by atoms with Gasteiger partial charge >= 0.3 is 0 Å². The maximum Gasteiger partial charge on any atom is 0.200 e. The highest BCUT2D eigenvalue weighted by atomic mass is 32.2. The van der Waals surface area contributed by atoms with E-state index in [0.717, 1.165) is 0 Å². The predicted octanol–water partition coefficient (Wildman–Crippen LogP) is -0.0630. The monoisotopic (exact) mass is 203 g/mol. The molecule has 5 nitrogen and oxygen atoms in total. The molecule has 2 N–H and O–H groups in total. The zero-order chi connectivity index (χ0) is 10.1. The van der Waals surface area contributed by atoms with Crippen molar-refractivity contribution in [3.63, 3.8) is 0 Å². The van der Waals surface area contributed by atoms with Crippen LogP contribution < -0.4 is 5.73 Å². The van der Waals surface area contributed by atoms with Crippen LogP contribution in [-0.2, 0) is 22.6 Å². The molecular formula is C7H13N3O2S. The van der Waals surface area contributed by atoms with Crippen LogP contribution in [0.3, 0.4) is 0 Å². The SMILES string of the molecule is CCS(=O)(=O)Cc1cn(C)c(N)n1. The van der Waals surface area contributed by atoms with E-state index in [-0.39, 0.29) is 11.5 Å². The fourth-order valence-corrected chi connectivity index (χ4v) is 1.74. The van der Waals surface area contributed by atoms with Gasteiger partial charge in [-0.3, -0.25) is 0 Å². The third-order valence-corrected chi connectivity index (χ3v) is 3.39. The largest absolute Gasteiger partial charge is 0.369 e. The minimum Gasteiger partial charge on any atom is -0.369 e. The van der Waals surface area contributed by atoms with Crippen molar-refractivity contribution >= 4 is 15.8 Å². The first-order valence-electron chi connectivity index (χ1n) is 3.92. The fourth-order valence-electron chi connectivity index (χ4n) is 0.941. The summed E-state index contributed by atoms with van der Waals surface area (Å²) in [4.78, 5) is 3.90. The van der Waals surface area contributed by atoms with Crippen LogP contribution in [0.25, 0.3) is 0 Å². The van der Waals surface area contributed by atoms with Crippen LogP contribution in [0, 0.1) is 0 Å². The Hall–Kier alpha value is -1.04. The quantitative estimate of drug-likeness (QED) is 0.746. The number of aromatic nitrogens is 2. The summed E-state index contributed by atoms with van der Waals surface area (Å²) in [5.74, 6) is 0.430. The zero-order valence-electron chi connectivity index (χ0n) is 7.69. The number of aryl methyl sites for hydroxylation is 1. The number of nitrogens with two attached hydrogens (primary N) is 1. The number of sulfone groups is 1. The standard InChI is InChI=1S/C7H13N3O2S/c1-3-13(11,12)5-6-4-10(2)7(8)9-6/h4H,3,5H2,1-2H3,(H2,8,9). The van der Waals surface area contributed by atoms with Crippen LogP contribution in [0.2, 0.25) is 0 Å². The molecule has 0 aromatic carbocycles. The van der Waals surface area contributed by atoms with Crippen LogP contribution >= 0.6 is 0 Å². The van der Waals surface area contributed by atoms with Crippen molar-refractivity contribution in [3.05, 3.63) is 11.9 Å². The second-order valence-corrected chi connectivity index (χ2v) is 5.23. The Bertz CT molecular complexity index is 374. The van der Waals surface area contributed by atoms with E-state index in [9.17, 15) is 8.42 Å². The Balaban J connectivity index is 2.87. The number of anilines is 1. The van der Waals surface area contributed by atoms with Gasteiger partial charge in [-0.15, -0.1) is 0 Å². The fraction of sp³-hybridized carbons (Fsp3) is 0.571. The number of rotatable bonds is 3. The maximum absolute atomic E-state index is 11.2. The molecule has 0 aliphatic rings. The zero-order valence-corrected chi connectivity index (χ0v) is 8.50. The molecule has 0 amide bonds. The van der Waals surface area contributed by atoms with Crippen LogP contribution in [0.4, 0.5) is 5.95 Å². The van der Waals surface area contributed by atoms with Gasteiger partial charge < -0.3 is 10.3 Å². The second-order valence-electron chi connectivity index (χ2n) is 2.88. The highest BCUT2D eigenvalue weighted by Crippen LogP contribution is 2.07. The van der Waals surface area contributed by atoms with Gasteiger partial charge in [0.15, 0.2) is 15.8 Å². The van der Waals surface area contributed by atoms with Gasteiger partial charge in [-0.05, 0) is 0 Å². The van der Waals surface area contributed by atoms with Crippen molar-refractivity contribution in [1.82, 2.24) is 9.55 Å². The molecule has 0 saturated carbocycles. The molecule has 1 rings (SSSR count). The summed E-state index contributed by atoms with van der Waals surface area (Å²) in [6, 6.07) is 0. The number of nitrogens with zero attached hydrogens (tertiary/aromatic N) is 2. The predicted molar refractivity (Wildman–Crippen MR) is 50.8 cm³/mol. The van der Waals surface area contributed by atoms with Gasteiger partial charge in [0.1, 0.15) is 0 Å². The topological polar surface area (TPSA) is 78.0 Å². The Morgan fingerprint density at radius 2 is 2.23 bits per heavy atom. The summed E-state index contributed by atoms with van der Waals surface area (Å²) in [5, 5.41) is 0. The average Bonchev–Trinajstić information content (AvgIpc) is 2.30. The summed E-state index contributed by atoms with van der Waals surface area (Å²) < 4.78 is 24.0. The summed E-state index contributed by atoms with van der Waals surface area (Å²) in [6.45, 7) is 1.61. The minimum absolute atomic E-state index is 0.0332. The average molecular weight is 203 g/mol. The lowest BCUT2D eigenvalue weighted by Gasteiger charge is -1.95. The molecule has 0 fully saturated rings. The molecule has 0 saturated heterocycles. The van der Waals surface area contributed by atoms with Crippen molar-refractivity contribution in [1.29, 1.82) is 0 Å². The van der Waals surface area contributed by atoms with Gasteiger partial charge in [0, 0.05) is 19.0 Å². The van der Waals surface area contributed by atoms with Crippen molar-refractivity contribution in [2.45, 2.75) is 12.7 Å². The summed E-state index contributed by atoms with van der Waals surface area (Å²) in [5.41, 5.74) is 5.96. The molecule has 1 heterocycles. The van der Waals surface area contributed by atoms with Crippen molar-refractivity contribution in [2.24, 2.45) is 7.05 Å². The van der Waals surface area contributed by atoms with Crippen LogP contribution in [0.1, 0.15) is 12.6 Å². The normalized spacial score (nSPS) is 11.8. The molecule has 0 bridgehead atoms. The smallest absolute Gasteiger partial charge is 0.200 e. The van der Waals surface area contributed by atoms with E-state index in [1.807, 2.05) is 0 Å². The third-order valence-electron chi connectivity index (χ3n) is 1.77. The van der Waals surface area contributed by atoms with Crippen LogP contribution in [0.15, 0.2) is 6.20 Å². The molecular weight excluding hydrogens is 190 g/mol. The molecule has 74 valence electrons. The van der Waals surface area contributed by atoms with Gasteiger partial charge in [0.25, 0.3) is 0 Å². The molecule has 6 heteroatoms. The Morgan fingerprint density at radius 3 is 2.62 bits per heavy atom. The van der Waals surface area contributed by atoms with Crippen molar-refractivity contribution < 1.29 is 8.42 Å². The number of nitrogen functional groups attached to an aromatic ring is 1. The Labute approximate surface area is 77.5 Å². The summed E-state index contributed by atoms with van der Waals surface area (Å²) in [6.07, 6.45) is 1.63. The highest BCUT2D eigenvalue weighted by molar-refractivity contribution is 7.90. The third kappa shape index (κ3) is 2.45. The van der Waals surface area contributed by atoms with Crippen molar-refractivity contribution in [3.8, 4) is 0 Å². The molecule has 13 heavy (non-hydrogen) atoms. The first kappa shape index (κ1) is 10.0. The number of imidazole rings is 1. The van der Waals surface area contributed by atoms with E-state index in [0.29, 0.717) is 11.6 Å². The van der Waals surface area contributed by atoms with Gasteiger partial charge in [-0.1, -0.05) is 6.92 Å². The first-order valence-corrected chi connectivity index (χ1v) is 5.75. The first-order chi connectivity index (χ1) is 5.94. The highest BCUT2D eigenvalue weighted by Gasteiger charge is 2.11. The Morgan fingerprint density at radius 1 is 1.62 bits per heavy atom. The van der Waals surface area contributed by atoms with Gasteiger partial charge in [0.2, 0.25) is 0 Å². The van der Waals surface area contributed by atoms with E-state index < -0.39 is 9.84 Å². The van der Waals surface area contributed by atoms with Crippen molar-refractivity contribution in [2.75, 3.05) is 11.5 Å². The van der Waals surface area contributed by atoms with Gasteiger partial charge in [-0.2, -0.15) is 0 Å².